The SMILES string of the molecule is COC1CCN(CC2(CBr)CC2)C1. The van der Waals surface area contributed by atoms with Crippen LogP contribution in [-0.2, 0) is 4.74 Å². The van der Waals surface area contributed by atoms with Crippen molar-refractivity contribution in [1.29, 1.82) is 0 Å². The Kier molecular flexibility index (Phi) is 2.96. The summed E-state index contributed by atoms with van der Waals surface area (Å²) < 4.78 is 5.36. The predicted molar refractivity (Wildman–Crippen MR) is 57.3 cm³/mol. The second-order valence-corrected chi connectivity index (χ2v) is 5.08. The fourth-order valence-electron chi connectivity index (χ4n) is 2.12. The molecule has 76 valence electrons. The Labute approximate surface area is 88.8 Å². The molecule has 2 nitrogen and oxygen atoms in total. The van der Waals surface area contributed by atoms with Crippen molar-refractivity contribution >= 4 is 15.9 Å². The molecule has 1 saturated heterocycles. The lowest BCUT2D eigenvalue weighted by molar-refractivity contribution is 0.105. The first kappa shape index (κ1) is 9.94. The first-order valence-corrected chi connectivity index (χ1v) is 6.21. The van der Waals surface area contributed by atoms with Crippen molar-refractivity contribution in [2.45, 2.75) is 25.4 Å². The van der Waals surface area contributed by atoms with Crippen LogP contribution in [0, 0.1) is 5.41 Å². The lowest BCUT2D eigenvalue weighted by atomic mass is 10.1. The van der Waals surface area contributed by atoms with Gasteiger partial charge in [0.1, 0.15) is 0 Å². The Morgan fingerprint density at radius 2 is 2.31 bits per heavy atom. The van der Waals surface area contributed by atoms with Gasteiger partial charge < -0.3 is 9.64 Å². The van der Waals surface area contributed by atoms with E-state index in [1.54, 1.807) is 0 Å². The van der Waals surface area contributed by atoms with Crippen LogP contribution < -0.4 is 0 Å². The second-order valence-electron chi connectivity index (χ2n) is 4.52. The minimum Gasteiger partial charge on any atom is -0.380 e. The third kappa shape index (κ3) is 2.25. The van der Waals surface area contributed by atoms with E-state index < -0.39 is 0 Å². The molecule has 13 heavy (non-hydrogen) atoms. The smallest absolute Gasteiger partial charge is 0.0710 e. The van der Waals surface area contributed by atoms with Crippen molar-refractivity contribution in [2.24, 2.45) is 5.41 Å². The van der Waals surface area contributed by atoms with E-state index in [0.29, 0.717) is 11.5 Å². The molecular weight excluding hydrogens is 230 g/mol. The average molecular weight is 248 g/mol. The van der Waals surface area contributed by atoms with Crippen molar-refractivity contribution in [1.82, 2.24) is 4.90 Å². The minimum atomic E-state index is 0.492. The predicted octanol–water partition coefficient (Wildman–Crippen LogP) is 1.88. The molecule has 0 aromatic rings. The molecule has 1 heterocycles. The van der Waals surface area contributed by atoms with Crippen molar-refractivity contribution in [3.8, 4) is 0 Å². The molecule has 0 aromatic heterocycles. The molecule has 1 saturated carbocycles. The van der Waals surface area contributed by atoms with E-state index in [2.05, 4.69) is 20.8 Å². The fraction of sp³-hybridized carbons (Fsp3) is 1.00. The Morgan fingerprint density at radius 1 is 1.54 bits per heavy atom. The third-order valence-electron chi connectivity index (χ3n) is 3.36. The Morgan fingerprint density at radius 3 is 2.77 bits per heavy atom. The van der Waals surface area contributed by atoms with Gasteiger partial charge in [-0.05, 0) is 24.7 Å². The fourth-order valence-corrected chi connectivity index (χ4v) is 2.86. The molecule has 2 fully saturated rings. The number of hydrogen-bond acceptors (Lipinski definition) is 2. The van der Waals surface area contributed by atoms with Crippen LogP contribution in [0.3, 0.4) is 0 Å². The molecule has 3 heteroatoms. The van der Waals surface area contributed by atoms with Crippen molar-refractivity contribution < 1.29 is 4.74 Å². The molecule has 0 spiro atoms. The Bertz CT molecular complexity index is 182. The summed E-state index contributed by atoms with van der Waals surface area (Å²) in [6, 6.07) is 0. The van der Waals surface area contributed by atoms with Gasteiger partial charge in [-0.2, -0.15) is 0 Å². The number of nitrogens with zero attached hydrogens (tertiary/aromatic N) is 1. The maximum Gasteiger partial charge on any atom is 0.0710 e. The molecule has 1 unspecified atom stereocenters. The number of hydrogen-bond donors (Lipinski definition) is 0. The maximum atomic E-state index is 5.36. The standard InChI is InChI=1S/C10H18BrNO/c1-13-9-2-5-12(6-9)8-10(7-11)3-4-10/h9H,2-8H2,1H3. The van der Waals surface area contributed by atoms with E-state index in [1.165, 1.54) is 37.7 Å². The van der Waals surface area contributed by atoms with Crippen LogP contribution in [0.5, 0.6) is 0 Å². The van der Waals surface area contributed by atoms with Gasteiger partial charge in [0.05, 0.1) is 6.10 Å². The molecule has 0 aromatic carbocycles. The summed E-state index contributed by atoms with van der Waals surface area (Å²) in [4.78, 5) is 2.56. The molecule has 0 radical (unpaired) electrons. The summed E-state index contributed by atoms with van der Waals surface area (Å²) in [7, 11) is 1.82. The summed E-state index contributed by atoms with van der Waals surface area (Å²) in [6.07, 6.45) is 4.53. The van der Waals surface area contributed by atoms with Gasteiger partial charge in [-0.1, -0.05) is 15.9 Å². The van der Waals surface area contributed by atoms with Gasteiger partial charge in [-0.3, -0.25) is 0 Å². The monoisotopic (exact) mass is 247 g/mol. The zero-order valence-corrected chi connectivity index (χ0v) is 9.85. The number of alkyl halides is 1. The Hall–Kier alpha value is 0.400. The van der Waals surface area contributed by atoms with Crippen LogP contribution in [0.2, 0.25) is 0 Å². The van der Waals surface area contributed by atoms with Crippen LogP contribution in [-0.4, -0.2) is 43.1 Å². The van der Waals surface area contributed by atoms with Crippen LogP contribution in [0.15, 0.2) is 0 Å². The third-order valence-corrected chi connectivity index (χ3v) is 4.55. The summed E-state index contributed by atoms with van der Waals surface area (Å²) >= 11 is 3.61. The van der Waals surface area contributed by atoms with E-state index in [9.17, 15) is 0 Å². The average Bonchev–Trinajstić information content (AvgIpc) is 2.77. The molecular formula is C10H18BrNO. The van der Waals surface area contributed by atoms with E-state index in [0.717, 1.165) is 6.54 Å². The molecule has 1 atom stereocenters. The maximum absolute atomic E-state index is 5.36. The van der Waals surface area contributed by atoms with E-state index in [4.69, 9.17) is 4.74 Å². The summed E-state index contributed by atoms with van der Waals surface area (Å²) in [5, 5.41) is 1.17. The first-order chi connectivity index (χ1) is 6.28. The van der Waals surface area contributed by atoms with Crippen LogP contribution in [0.1, 0.15) is 19.3 Å². The van der Waals surface area contributed by atoms with Crippen LogP contribution >= 0.6 is 15.9 Å². The lowest BCUT2D eigenvalue weighted by Crippen LogP contribution is -2.30. The van der Waals surface area contributed by atoms with Gasteiger partial charge in [0.2, 0.25) is 0 Å². The van der Waals surface area contributed by atoms with Crippen molar-refractivity contribution in [3.05, 3.63) is 0 Å². The Balaban J connectivity index is 1.77. The van der Waals surface area contributed by atoms with Gasteiger partial charge in [0.25, 0.3) is 0 Å². The highest BCUT2D eigenvalue weighted by Crippen LogP contribution is 2.47. The molecule has 1 aliphatic heterocycles. The van der Waals surface area contributed by atoms with E-state index in [1.807, 2.05) is 7.11 Å². The lowest BCUT2D eigenvalue weighted by Gasteiger charge is -2.21. The van der Waals surface area contributed by atoms with Gasteiger partial charge in [-0.25, -0.2) is 0 Å². The number of ether oxygens (including phenoxy) is 1. The quantitative estimate of drug-likeness (QED) is 0.704. The molecule has 0 N–H and O–H groups in total. The highest BCUT2D eigenvalue weighted by Gasteiger charge is 2.43. The number of methoxy groups -OCH3 is 1. The van der Waals surface area contributed by atoms with Crippen molar-refractivity contribution in [3.63, 3.8) is 0 Å². The summed E-state index contributed by atoms with van der Waals surface area (Å²) in [5.41, 5.74) is 0.628. The molecule has 0 amide bonds. The number of rotatable bonds is 4. The molecule has 0 bridgehead atoms. The summed E-state index contributed by atoms with van der Waals surface area (Å²) in [6.45, 7) is 3.65. The largest absolute Gasteiger partial charge is 0.380 e. The van der Waals surface area contributed by atoms with Gasteiger partial charge >= 0.3 is 0 Å². The van der Waals surface area contributed by atoms with E-state index >= 15 is 0 Å². The highest BCUT2D eigenvalue weighted by atomic mass is 79.9. The molecule has 2 aliphatic rings. The van der Waals surface area contributed by atoms with Gasteiger partial charge in [0, 0.05) is 32.1 Å². The second kappa shape index (κ2) is 3.87. The molecule has 1 aliphatic carbocycles. The topological polar surface area (TPSA) is 12.5 Å². The highest BCUT2D eigenvalue weighted by molar-refractivity contribution is 9.09. The van der Waals surface area contributed by atoms with Crippen LogP contribution in [0.4, 0.5) is 0 Å². The summed E-state index contributed by atoms with van der Waals surface area (Å²) in [5.74, 6) is 0. The number of halogens is 1. The zero-order chi connectivity index (χ0) is 9.31. The van der Waals surface area contributed by atoms with Gasteiger partial charge in [-0.15, -0.1) is 0 Å². The zero-order valence-electron chi connectivity index (χ0n) is 8.26. The van der Waals surface area contributed by atoms with Gasteiger partial charge in [0.15, 0.2) is 0 Å². The minimum absolute atomic E-state index is 0.492. The number of likely N-dealkylation sites (tertiary alicyclic amines) is 1. The first-order valence-electron chi connectivity index (χ1n) is 5.09. The van der Waals surface area contributed by atoms with Crippen molar-refractivity contribution in [2.75, 3.05) is 32.1 Å². The molecule has 2 rings (SSSR count). The van der Waals surface area contributed by atoms with Crippen LogP contribution in [0.25, 0.3) is 0 Å². The normalized spacial score (nSPS) is 32.3. The van der Waals surface area contributed by atoms with E-state index in [-0.39, 0.29) is 0 Å².